The van der Waals surface area contributed by atoms with E-state index in [2.05, 4.69) is 0 Å². The number of carbonyl (C=O) groups is 1. The molecule has 0 N–H and O–H groups in total. The number of hydrogen-bond acceptors (Lipinski definition) is 4. The Morgan fingerprint density at radius 3 is 2.29 bits per heavy atom. The Hall–Kier alpha value is -2.45. The highest BCUT2D eigenvalue weighted by Gasteiger charge is 2.30. The molecule has 0 unspecified atom stereocenters. The third kappa shape index (κ3) is 4.18. The van der Waals surface area contributed by atoms with Crippen molar-refractivity contribution in [2.75, 3.05) is 32.8 Å². The van der Waals surface area contributed by atoms with E-state index in [1.54, 1.807) is 36.1 Å². The minimum atomic E-state index is -3.64. The predicted molar refractivity (Wildman–Crippen MR) is 103 cm³/mol. The van der Waals surface area contributed by atoms with Gasteiger partial charge in [0.05, 0.1) is 11.5 Å². The molecule has 0 aromatic heterocycles. The number of hydrogen-bond donors (Lipinski definition) is 0. The quantitative estimate of drug-likeness (QED) is 0.766. The van der Waals surface area contributed by atoms with Gasteiger partial charge in [-0.1, -0.05) is 6.07 Å². The Bertz CT molecular complexity index is 953. The van der Waals surface area contributed by atoms with E-state index in [-0.39, 0.29) is 42.5 Å². The summed E-state index contributed by atoms with van der Waals surface area (Å²) < 4.78 is 46.1. The Labute approximate surface area is 164 Å². The molecule has 150 valence electrons. The summed E-state index contributed by atoms with van der Waals surface area (Å²) >= 11 is 0. The third-order valence-corrected chi connectivity index (χ3v) is 6.63. The van der Waals surface area contributed by atoms with Crippen LogP contribution in [0.25, 0.3) is 0 Å². The van der Waals surface area contributed by atoms with Crippen molar-refractivity contribution in [2.45, 2.75) is 18.7 Å². The Balaban J connectivity index is 1.66. The van der Waals surface area contributed by atoms with Crippen LogP contribution in [0.4, 0.5) is 4.39 Å². The number of carbonyl (C=O) groups excluding carboxylic acids is 1. The van der Waals surface area contributed by atoms with Crippen LogP contribution < -0.4 is 4.74 Å². The van der Waals surface area contributed by atoms with Crippen LogP contribution in [0.3, 0.4) is 0 Å². The topological polar surface area (TPSA) is 66.9 Å². The molecule has 1 saturated heterocycles. The minimum Gasteiger partial charge on any atom is -0.494 e. The SMILES string of the molecule is CCOc1ccc(S(=O)(=O)N2CCN(C(=O)c3ccc(C)c(F)c3)CC2)cc1. The molecule has 0 spiro atoms. The number of rotatable bonds is 5. The number of sulfonamides is 1. The van der Waals surface area contributed by atoms with Gasteiger partial charge in [-0.05, 0) is 55.8 Å². The molecule has 0 atom stereocenters. The molecule has 1 aliphatic rings. The van der Waals surface area contributed by atoms with Crippen LogP contribution in [0, 0.1) is 12.7 Å². The normalized spacial score (nSPS) is 15.5. The number of aryl methyl sites for hydroxylation is 1. The maximum absolute atomic E-state index is 13.7. The monoisotopic (exact) mass is 406 g/mol. The first kappa shape index (κ1) is 20.3. The number of ether oxygens (including phenoxy) is 1. The van der Waals surface area contributed by atoms with Gasteiger partial charge in [0.1, 0.15) is 11.6 Å². The molecule has 1 aliphatic heterocycles. The highest BCUT2D eigenvalue weighted by atomic mass is 32.2. The fourth-order valence-corrected chi connectivity index (χ4v) is 4.49. The first-order chi connectivity index (χ1) is 13.3. The van der Waals surface area contributed by atoms with E-state index in [9.17, 15) is 17.6 Å². The number of benzene rings is 2. The largest absolute Gasteiger partial charge is 0.494 e. The van der Waals surface area contributed by atoms with Gasteiger partial charge in [0.15, 0.2) is 0 Å². The van der Waals surface area contributed by atoms with E-state index in [1.807, 2.05) is 6.92 Å². The van der Waals surface area contributed by atoms with Gasteiger partial charge in [0, 0.05) is 31.7 Å². The minimum absolute atomic E-state index is 0.190. The van der Waals surface area contributed by atoms with E-state index >= 15 is 0 Å². The van der Waals surface area contributed by atoms with Gasteiger partial charge in [-0.3, -0.25) is 4.79 Å². The van der Waals surface area contributed by atoms with E-state index in [0.717, 1.165) is 0 Å². The lowest BCUT2D eigenvalue weighted by molar-refractivity contribution is 0.0697. The van der Waals surface area contributed by atoms with Gasteiger partial charge in [0.25, 0.3) is 5.91 Å². The third-order valence-electron chi connectivity index (χ3n) is 4.72. The van der Waals surface area contributed by atoms with Gasteiger partial charge in [-0.2, -0.15) is 4.31 Å². The zero-order valence-corrected chi connectivity index (χ0v) is 16.7. The maximum Gasteiger partial charge on any atom is 0.254 e. The average molecular weight is 406 g/mol. The molecule has 0 aliphatic carbocycles. The van der Waals surface area contributed by atoms with Crippen LogP contribution in [-0.4, -0.2) is 56.3 Å². The summed E-state index contributed by atoms with van der Waals surface area (Å²) in [5.41, 5.74) is 0.744. The summed E-state index contributed by atoms with van der Waals surface area (Å²) in [5, 5.41) is 0. The lowest BCUT2D eigenvalue weighted by Crippen LogP contribution is -2.50. The average Bonchev–Trinajstić information content (AvgIpc) is 2.70. The van der Waals surface area contributed by atoms with E-state index in [1.165, 1.54) is 22.5 Å². The van der Waals surface area contributed by atoms with Crippen molar-refractivity contribution in [1.29, 1.82) is 0 Å². The molecule has 8 heteroatoms. The molecule has 3 rings (SSSR count). The molecule has 28 heavy (non-hydrogen) atoms. The second-order valence-electron chi connectivity index (χ2n) is 6.56. The smallest absolute Gasteiger partial charge is 0.254 e. The fraction of sp³-hybridized carbons (Fsp3) is 0.350. The molecule has 1 fully saturated rings. The van der Waals surface area contributed by atoms with Crippen LogP contribution in [0.2, 0.25) is 0 Å². The lowest BCUT2D eigenvalue weighted by Gasteiger charge is -2.34. The van der Waals surface area contributed by atoms with Gasteiger partial charge in [-0.15, -0.1) is 0 Å². The summed E-state index contributed by atoms with van der Waals surface area (Å²) in [6, 6.07) is 10.7. The van der Waals surface area contributed by atoms with Gasteiger partial charge < -0.3 is 9.64 Å². The van der Waals surface area contributed by atoms with Crippen LogP contribution in [0.5, 0.6) is 5.75 Å². The number of piperazine rings is 1. The number of nitrogens with zero attached hydrogens (tertiary/aromatic N) is 2. The molecule has 2 aromatic carbocycles. The van der Waals surface area contributed by atoms with Crippen LogP contribution in [-0.2, 0) is 10.0 Å². The second-order valence-corrected chi connectivity index (χ2v) is 8.50. The highest BCUT2D eigenvalue weighted by molar-refractivity contribution is 7.89. The summed E-state index contributed by atoms with van der Waals surface area (Å²) in [7, 11) is -3.64. The van der Waals surface area contributed by atoms with E-state index in [4.69, 9.17) is 4.74 Å². The summed E-state index contributed by atoms with van der Waals surface area (Å²) in [4.78, 5) is 14.3. The maximum atomic E-state index is 13.7. The van der Waals surface area contributed by atoms with Crippen molar-refractivity contribution < 1.29 is 22.3 Å². The van der Waals surface area contributed by atoms with Crippen molar-refractivity contribution in [3.63, 3.8) is 0 Å². The second kappa shape index (κ2) is 8.28. The van der Waals surface area contributed by atoms with Crippen molar-refractivity contribution >= 4 is 15.9 Å². The summed E-state index contributed by atoms with van der Waals surface area (Å²) in [5.74, 6) is -0.109. The van der Waals surface area contributed by atoms with Crippen molar-refractivity contribution in [3.8, 4) is 5.75 Å². The summed E-state index contributed by atoms with van der Waals surface area (Å²) in [6.45, 7) is 4.89. The first-order valence-corrected chi connectivity index (χ1v) is 10.6. The Morgan fingerprint density at radius 1 is 1.07 bits per heavy atom. The zero-order valence-electron chi connectivity index (χ0n) is 15.9. The number of halogens is 1. The molecule has 1 heterocycles. The molecular formula is C20H23FN2O4S. The highest BCUT2D eigenvalue weighted by Crippen LogP contribution is 2.21. The van der Waals surface area contributed by atoms with Gasteiger partial charge >= 0.3 is 0 Å². The van der Waals surface area contributed by atoms with Crippen molar-refractivity contribution in [2.24, 2.45) is 0 Å². The Morgan fingerprint density at radius 2 is 1.71 bits per heavy atom. The predicted octanol–water partition coefficient (Wildman–Crippen LogP) is 2.68. The molecular weight excluding hydrogens is 383 g/mol. The Kier molecular flexibility index (Phi) is 6.00. The first-order valence-electron chi connectivity index (χ1n) is 9.11. The van der Waals surface area contributed by atoms with Crippen molar-refractivity contribution in [3.05, 3.63) is 59.4 Å². The lowest BCUT2D eigenvalue weighted by atomic mass is 10.1. The molecule has 2 aromatic rings. The standard InChI is InChI=1S/C20H23FN2O4S/c1-3-27-17-6-8-18(9-7-17)28(25,26)23-12-10-22(11-13-23)20(24)16-5-4-15(2)19(21)14-16/h4-9,14H,3,10-13H2,1-2H3. The molecule has 0 bridgehead atoms. The van der Waals surface area contributed by atoms with Crippen LogP contribution in [0.1, 0.15) is 22.8 Å². The van der Waals surface area contributed by atoms with E-state index in [0.29, 0.717) is 17.9 Å². The van der Waals surface area contributed by atoms with Crippen LogP contribution in [0.15, 0.2) is 47.4 Å². The molecule has 1 amide bonds. The van der Waals surface area contributed by atoms with Crippen LogP contribution >= 0.6 is 0 Å². The molecule has 0 saturated carbocycles. The van der Waals surface area contributed by atoms with Crippen molar-refractivity contribution in [1.82, 2.24) is 9.21 Å². The van der Waals surface area contributed by atoms with E-state index < -0.39 is 15.8 Å². The van der Waals surface area contributed by atoms with Gasteiger partial charge in [0.2, 0.25) is 10.0 Å². The van der Waals surface area contributed by atoms with Gasteiger partial charge in [-0.25, -0.2) is 12.8 Å². The molecule has 6 nitrogen and oxygen atoms in total. The summed E-state index contributed by atoms with van der Waals surface area (Å²) in [6.07, 6.45) is 0. The number of amides is 1. The fourth-order valence-electron chi connectivity index (χ4n) is 3.06. The zero-order chi connectivity index (χ0) is 20.3. The molecule has 0 radical (unpaired) electrons.